The maximum atomic E-state index is 11.3. The Morgan fingerprint density at radius 2 is 1.84 bits per heavy atom. The van der Waals surface area contributed by atoms with Gasteiger partial charge in [-0.15, -0.1) is 0 Å². The van der Waals surface area contributed by atoms with Crippen LogP contribution in [0.15, 0.2) is 24.3 Å². The SMILES string of the molecule is CC(=O)N1CCC(C(C)(O)c2ccc(Cl)cc2)CC1. The van der Waals surface area contributed by atoms with E-state index >= 15 is 0 Å². The summed E-state index contributed by atoms with van der Waals surface area (Å²) in [6, 6.07) is 7.35. The van der Waals surface area contributed by atoms with E-state index in [-0.39, 0.29) is 11.8 Å². The third-order valence-corrected chi connectivity index (χ3v) is 4.42. The zero-order valence-electron chi connectivity index (χ0n) is 11.4. The Balaban J connectivity index is 2.09. The predicted molar refractivity (Wildman–Crippen MR) is 76.0 cm³/mol. The molecule has 1 unspecified atom stereocenters. The van der Waals surface area contributed by atoms with E-state index in [0.29, 0.717) is 5.02 Å². The van der Waals surface area contributed by atoms with Gasteiger partial charge >= 0.3 is 0 Å². The summed E-state index contributed by atoms with van der Waals surface area (Å²) in [5.74, 6) is 0.286. The molecule has 1 atom stereocenters. The van der Waals surface area contributed by atoms with Gasteiger partial charge in [0.15, 0.2) is 0 Å². The first-order valence-electron chi connectivity index (χ1n) is 6.65. The van der Waals surface area contributed by atoms with E-state index in [4.69, 9.17) is 11.6 Å². The molecule has 0 aromatic heterocycles. The van der Waals surface area contributed by atoms with Gasteiger partial charge < -0.3 is 10.0 Å². The molecule has 0 spiro atoms. The molecule has 2 rings (SSSR count). The van der Waals surface area contributed by atoms with Crippen molar-refractivity contribution < 1.29 is 9.90 Å². The van der Waals surface area contributed by atoms with Crippen LogP contribution in [0.1, 0.15) is 32.3 Å². The molecule has 1 heterocycles. The van der Waals surface area contributed by atoms with Crippen LogP contribution in [0.4, 0.5) is 0 Å². The number of amides is 1. The second kappa shape index (κ2) is 5.51. The molecule has 1 fully saturated rings. The van der Waals surface area contributed by atoms with Crippen LogP contribution >= 0.6 is 11.6 Å². The highest BCUT2D eigenvalue weighted by atomic mass is 35.5. The van der Waals surface area contributed by atoms with Crippen LogP contribution in [-0.2, 0) is 10.4 Å². The molecule has 3 nitrogen and oxygen atoms in total. The van der Waals surface area contributed by atoms with Crippen LogP contribution in [0.25, 0.3) is 0 Å². The smallest absolute Gasteiger partial charge is 0.219 e. The third-order valence-electron chi connectivity index (χ3n) is 4.16. The maximum Gasteiger partial charge on any atom is 0.219 e. The van der Waals surface area contributed by atoms with Gasteiger partial charge in [0, 0.05) is 25.0 Å². The molecule has 1 aromatic rings. The lowest BCUT2D eigenvalue weighted by molar-refractivity contribution is -0.132. The van der Waals surface area contributed by atoms with Crippen LogP contribution in [-0.4, -0.2) is 29.0 Å². The fourth-order valence-electron chi connectivity index (χ4n) is 2.78. The summed E-state index contributed by atoms with van der Waals surface area (Å²) in [4.78, 5) is 13.2. The second-order valence-corrected chi connectivity index (χ2v) is 5.87. The number of nitrogens with zero attached hydrogens (tertiary/aromatic N) is 1. The lowest BCUT2D eigenvalue weighted by Gasteiger charge is -2.39. The highest BCUT2D eigenvalue weighted by molar-refractivity contribution is 6.30. The fraction of sp³-hybridized carbons (Fsp3) is 0.533. The van der Waals surface area contributed by atoms with Crippen LogP contribution in [0.2, 0.25) is 5.02 Å². The van der Waals surface area contributed by atoms with E-state index in [9.17, 15) is 9.90 Å². The third kappa shape index (κ3) is 3.10. The highest BCUT2D eigenvalue weighted by Crippen LogP contribution is 2.36. The van der Waals surface area contributed by atoms with Gasteiger partial charge in [0.1, 0.15) is 0 Å². The molecule has 19 heavy (non-hydrogen) atoms. The first-order chi connectivity index (χ1) is 8.91. The monoisotopic (exact) mass is 281 g/mol. The Hall–Kier alpha value is -1.06. The van der Waals surface area contributed by atoms with Crippen molar-refractivity contribution in [1.29, 1.82) is 0 Å². The lowest BCUT2D eigenvalue weighted by atomic mass is 9.77. The predicted octanol–water partition coefficient (Wildman–Crippen LogP) is 2.81. The number of piperidine rings is 1. The summed E-state index contributed by atoms with van der Waals surface area (Å²) < 4.78 is 0. The quantitative estimate of drug-likeness (QED) is 0.906. The van der Waals surface area contributed by atoms with Crippen molar-refractivity contribution in [2.75, 3.05) is 13.1 Å². The van der Waals surface area contributed by atoms with Gasteiger partial charge in [-0.2, -0.15) is 0 Å². The minimum atomic E-state index is -0.868. The largest absolute Gasteiger partial charge is 0.385 e. The molecule has 0 aliphatic carbocycles. The molecule has 0 bridgehead atoms. The Kier molecular flexibility index (Phi) is 4.16. The topological polar surface area (TPSA) is 40.5 Å². The molecule has 1 aliphatic heterocycles. The van der Waals surface area contributed by atoms with E-state index in [2.05, 4.69) is 0 Å². The average molecular weight is 282 g/mol. The van der Waals surface area contributed by atoms with Crippen molar-refractivity contribution >= 4 is 17.5 Å². The van der Waals surface area contributed by atoms with Gasteiger partial charge in [-0.05, 0) is 43.4 Å². The highest BCUT2D eigenvalue weighted by Gasteiger charge is 2.36. The molecular formula is C15H20ClNO2. The van der Waals surface area contributed by atoms with Crippen molar-refractivity contribution in [1.82, 2.24) is 4.90 Å². The van der Waals surface area contributed by atoms with Crippen LogP contribution in [0.3, 0.4) is 0 Å². The van der Waals surface area contributed by atoms with Gasteiger partial charge in [0.25, 0.3) is 0 Å². The minimum absolute atomic E-state index is 0.115. The molecule has 1 saturated heterocycles. The number of benzene rings is 1. The first-order valence-corrected chi connectivity index (χ1v) is 7.03. The Labute approximate surface area is 119 Å². The Morgan fingerprint density at radius 1 is 1.32 bits per heavy atom. The number of aliphatic hydroxyl groups is 1. The van der Waals surface area contributed by atoms with E-state index in [0.717, 1.165) is 31.5 Å². The van der Waals surface area contributed by atoms with Gasteiger partial charge in [-0.3, -0.25) is 4.79 Å². The van der Waals surface area contributed by atoms with Crippen molar-refractivity contribution in [2.45, 2.75) is 32.3 Å². The summed E-state index contributed by atoms with van der Waals surface area (Å²) in [5, 5.41) is 11.5. The lowest BCUT2D eigenvalue weighted by Crippen LogP contribution is -2.43. The molecule has 104 valence electrons. The average Bonchev–Trinajstić information content (AvgIpc) is 2.39. The molecule has 0 saturated carbocycles. The van der Waals surface area contributed by atoms with E-state index in [1.807, 2.05) is 24.0 Å². The van der Waals surface area contributed by atoms with Gasteiger partial charge in [-0.25, -0.2) is 0 Å². The molecule has 1 amide bonds. The molecule has 1 aliphatic rings. The van der Waals surface area contributed by atoms with Crippen LogP contribution in [0.5, 0.6) is 0 Å². The Bertz CT molecular complexity index is 448. The van der Waals surface area contributed by atoms with E-state index < -0.39 is 5.60 Å². The van der Waals surface area contributed by atoms with E-state index in [1.54, 1.807) is 19.1 Å². The second-order valence-electron chi connectivity index (χ2n) is 5.43. The van der Waals surface area contributed by atoms with Crippen molar-refractivity contribution in [3.63, 3.8) is 0 Å². The molecule has 0 radical (unpaired) electrons. The van der Waals surface area contributed by atoms with Crippen molar-refractivity contribution in [3.05, 3.63) is 34.9 Å². The number of halogens is 1. The van der Waals surface area contributed by atoms with Gasteiger partial charge in [0.05, 0.1) is 5.60 Å². The normalized spacial score (nSPS) is 20.1. The van der Waals surface area contributed by atoms with Crippen LogP contribution in [0, 0.1) is 5.92 Å². The number of rotatable bonds is 2. The van der Waals surface area contributed by atoms with Crippen molar-refractivity contribution in [3.8, 4) is 0 Å². The number of likely N-dealkylation sites (tertiary alicyclic amines) is 1. The van der Waals surface area contributed by atoms with Crippen molar-refractivity contribution in [2.24, 2.45) is 5.92 Å². The molecule has 1 aromatic carbocycles. The zero-order chi connectivity index (χ0) is 14.0. The summed E-state index contributed by atoms with van der Waals surface area (Å²) in [6.07, 6.45) is 1.66. The summed E-state index contributed by atoms with van der Waals surface area (Å²) >= 11 is 5.88. The first kappa shape index (κ1) is 14.4. The van der Waals surface area contributed by atoms with Crippen LogP contribution < -0.4 is 0 Å². The summed E-state index contributed by atoms with van der Waals surface area (Å²) in [5.41, 5.74) is 0.0196. The molecular weight excluding hydrogens is 262 g/mol. The number of carbonyl (C=O) groups excluding carboxylic acids is 1. The maximum absolute atomic E-state index is 11.3. The molecule has 4 heteroatoms. The Morgan fingerprint density at radius 3 is 2.32 bits per heavy atom. The number of carbonyl (C=O) groups is 1. The minimum Gasteiger partial charge on any atom is -0.385 e. The summed E-state index contributed by atoms with van der Waals surface area (Å²) in [6.45, 7) is 4.90. The summed E-state index contributed by atoms with van der Waals surface area (Å²) in [7, 11) is 0. The molecule has 1 N–H and O–H groups in total. The number of hydrogen-bond acceptors (Lipinski definition) is 2. The van der Waals surface area contributed by atoms with Gasteiger partial charge in [-0.1, -0.05) is 23.7 Å². The fourth-order valence-corrected chi connectivity index (χ4v) is 2.91. The van der Waals surface area contributed by atoms with Gasteiger partial charge in [0.2, 0.25) is 5.91 Å². The van der Waals surface area contributed by atoms with E-state index in [1.165, 1.54) is 0 Å². The standard InChI is InChI=1S/C15H20ClNO2/c1-11(18)17-9-7-13(8-10-17)15(2,19)12-3-5-14(16)6-4-12/h3-6,13,19H,7-10H2,1-2H3. The number of hydrogen-bond donors (Lipinski definition) is 1. The zero-order valence-corrected chi connectivity index (χ0v) is 12.2.